The van der Waals surface area contributed by atoms with Gasteiger partial charge < -0.3 is 15.4 Å². The van der Waals surface area contributed by atoms with Gasteiger partial charge in [0.15, 0.2) is 0 Å². The zero-order valence-electron chi connectivity index (χ0n) is 15.4. The van der Waals surface area contributed by atoms with Gasteiger partial charge in [-0.2, -0.15) is 0 Å². The Hall–Kier alpha value is -2.51. The first-order valence-corrected chi connectivity index (χ1v) is 8.77. The minimum absolute atomic E-state index is 0.0102. The van der Waals surface area contributed by atoms with E-state index in [2.05, 4.69) is 39.3 Å². The van der Waals surface area contributed by atoms with Crippen molar-refractivity contribution in [3.05, 3.63) is 42.9 Å². The van der Waals surface area contributed by atoms with Crippen molar-refractivity contribution < 1.29 is 9.53 Å². The number of ether oxygens (including phenoxy) is 1. The predicted molar refractivity (Wildman–Crippen MR) is 100 cm³/mol. The van der Waals surface area contributed by atoms with Gasteiger partial charge in [0.05, 0.1) is 18.4 Å². The van der Waals surface area contributed by atoms with Gasteiger partial charge in [0.25, 0.3) is 0 Å². The van der Waals surface area contributed by atoms with E-state index in [0.29, 0.717) is 17.3 Å². The second kappa shape index (κ2) is 7.80. The molecule has 0 saturated carbocycles. The monoisotopic (exact) mass is 355 g/mol. The Morgan fingerprint density at radius 2 is 2.12 bits per heavy atom. The zero-order valence-corrected chi connectivity index (χ0v) is 15.4. The Labute approximate surface area is 153 Å². The number of hydrogen-bond donors (Lipinski definition) is 2. The quantitative estimate of drug-likeness (QED) is 0.857. The maximum absolute atomic E-state index is 12.5. The number of piperazine rings is 1. The van der Waals surface area contributed by atoms with Crippen LogP contribution in [0.1, 0.15) is 20.8 Å². The summed E-state index contributed by atoms with van der Waals surface area (Å²) in [5.74, 6) is 1.68. The summed E-state index contributed by atoms with van der Waals surface area (Å²) in [5.41, 5.74) is 0.0102. The van der Waals surface area contributed by atoms with Crippen molar-refractivity contribution in [3.8, 4) is 11.5 Å². The van der Waals surface area contributed by atoms with Gasteiger partial charge in [0.2, 0.25) is 5.91 Å². The molecule has 26 heavy (non-hydrogen) atoms. The summed E-state index contributed by atoms with van der Waals surface area (Å²) in [6.45, 7) is 8.77. The third kappa shape index (κ3) is 4.77. The maximum atomic E-state index is 12.5. The van der Waals surface area contributed by atoms with E-state index in [0.717, 1.165) is 19.6 Å². The van der Waals surface area contributed by atoms with E-state index in [1.165, 1.54) is 0 Å². The molecule has 2 aromatic rings. The van der Waals surface area contributed by atoms with Gasteiger partial charge in [-0.25, -0.2) is 4.98 Å². The van der Waals surface area contributed by atoms with Crippen LogP contribution in [0.2, 0.25) is 0 Å². The summed E-state index contributed by atoms with van der Waals surface area (Å²) >= 11 is 0. The first-order valence-electron chi connectivity index (χ1n) is 8.77. The normalized spacial score (nSPS) is 18.1. The van der Waals surface area contributed by atoms with E-state index >= 15 is 0 Å². The predicted octanol–water partition coefficient (Wildman–Crippen LogP) is 2.28. The fourth-order valence-corrected chi connectivity index (χ4v) is 2.97. The van der Waals surface area contributed by atoms with Crippen LogP contribution in [0.25, 0.3) is 0 Å². The van der Waals surface area contributed by atoms with Crippen LogP contribution in [-0.4, -0.2) is 52.0 Å². The van der Waals surface area contributed by atoms with E-state index in [9.17, 15) is 4.79 Å². The third-order valence-corrected chi connectivity index (χ3v) is 4.39. The zero-order chi connectivity index (χ0) is 18.6. The Balaban J connectivity index is 1.57. The van der Waals surface area contributed by atoms with Crippen LogP contribution in [0.3, 0.4) is 0 Å². The van der Waals surface area contributed by atoms with Gasteiger partial charge in [-0.1, -0.05) is 0 Å². The lowest BCUT2D eigenvalue weighted by molar-refractivity contribution is -0.121. The smallest absolute Gasteiger partial charge is 0.242 e. The molecular formula is C19H25N5O2. The molecule has 3 heterocycles. The van der Waals surface area contributed by atoms with Crippen LogP contribution < -0.4 is 15.4 Å². The van der Waals surface area contributed by atoms with Gasteiger partial charge in [-0.15, -0.1) is 0 Å². The van der Waals surface area contributed by atoms with Gasteiger partial charge in [0, 0.05) is 31.4 Å². The standard InChI is InChI=1S/C19H25N5O2/c1-14(24-10-9-22-19(2,3)13-24)18(25)23-17-7-6-16(12-21-17)26-15-5-4-8-20-11-15/h4-8,11-12,14,22H,9-10,13H2,1-3H3,(H,21,23,25). The van der Waals surface area contributed by atoms with Gasteiger partial charge in [0.1, 0.15) is 17.3 Å². The Morgan fingerprint density at radius 3 is 2.77 bits per heavy atom. The molecule has 2 aromatic heterocycles. The summed E-state index contributed by atoms with van der Waals surface area (Å²) in [5, 5.41) is 6.33. The lowest BCUT2D eigenvalue weighted by Gasteiger charge is -2.41. The maximum Gasteiger partial charge on any atom is 0.242 e. The third-order valence-electron chi connectivity index (χ3n) is 4.39. The van der Waals surface area contributed by atoms with Crippen molar-refractivity contribution in [3.63, 3.8) is 0 Å². The Morgan fingerprint density at radius 1 is 1.31 bits per heavy atom. The molecule has 7 heteroatoms. The summed E-state index contributed by atoms with van der Waals surface area (Å²) in [6.07, 6.45) is 4.90. The number of carbonyl (C=O) groups is 1. The molecule has 1 aliphatic rings. The van der Waals surface area contributed by atoms with Gasteiger partial charge in [-0.3, -0.25) is 14.7 Å². The summed E-state index contributed by atoms with van der Waals surface area (Å²) < 4.78 is 5.65. The molecule has 2 N–H and O–H groups in total. The molecule has 0 aromatic carbocycles. The van der Waals surface area contributed by atoms with Crippen molar-refractivity contribution >= 4 is 11.7 Å². The summed E-state index contributed by atoms with van der Waals surface area (Å²) in [7, 11) is 0. The lowest BCUT2D eigenvalue weighted by Crippen LogP contribution is -2.60. The van der Waals surface area contributed by atoms with Crippen molar-refractivity contribution in [2.24, 2.45) is 0 Å². The van der Waals surface area contributed by atoms with E-state index < -0.39 is 0 Å². The SMILES string of the molecule is CC(C(=O)Nc1ccc(Oc2cccnc2)cn1)N1CCNC(C)(C)C1. The number of carbonyl (C=O) groups excluding carboxylic acids is 1. The minimum Gasteiger partial charge on any atom is -0.454 e. The average molecular weight is 355 g/mol. The van der Waals surface area contributed by atoms with Crippen molar-refractivity contribution in [1.82, 2.24) is 20.2 Å². The molecule has 1 saturated heterocycles. The Bertz CT molecular complexity index is 733. The van der Waals surface area contributed by atoms with Crippen molar-refractivity contribution in [2.45, 2.75) is 32.4 Å². The van der Waals surface area contributed by atoms with Crippen LogP contribution >= 0.6 is 0 Å². The van der Waals surface area contributed by atoms with Crippen LogP contribution in [-0.2, 0) is 4.79 Å². The second-order valence-electron chi connectivity index (χ2n) is 7.12. The molecule has 1 aliphatic heterocycles. The van der Waals surface area contributed by atoms with Crippen LogP contribution in [0, 0.1) is 0 Å². The highest BCUT2D eigenvalue weighted by molar-refractivity contribution is 5.93. The van der Waals surface area contributed by atoms with Crippen LogP contribution in [0.4, 0.5) is 5.82 Å². The fraction of sp³-hybridized carbons (Fsp3) is 0.421. The molecule has 0 bridgehead atoms. The van der Waals surface area contributed by atoms with Crippen LogP contribution in [0.15, 0.2) is 42.9 Å². The second-order valence-corrected chi connectivity index (χ2v) is 7.12. The molecule has 0 radical (unpaired) electrons. The molecule has 0 aliphatic carbocycles. The number of nitrogens with one attached hydrogen (secondary N) is 2. The molecule has 1 amide bonds. The first-order chi connectivity index (χ1) is 12.4. The first kappa shape index (κ1) is 18.3. The van der Waals surface area contributed by atoms with Crippen molar-refractivity contribution in [1.29, 1.82) is 0 Å². The fourth-order valence-electron chi connectivity index (χ4n) is 2.97. The number of aromatic nitrogens is 2. The van der Waals surface area contributed by atoms with Crippen molar-refractivity contribution in [2.75, 3.05) is 25.0 Å². The average Bonchev–Trinajstić information content (AvgIpc) is 2.62. The highest BCUT2D eigenvalue weighted by atomic mass is 16.5. The number of amides is 1. The number of rotatable bonds is 5. The summed E-state index contributed by atoms with van der Waals surface area (Å²) in [4.78, 5) is 23.0. The number of pyridine rings is 2. The largest absolute Gasteiger partial charge is 0.454 e. The number of hydrogen-bond acceptors (Lipinski definition) is 6. The van der Waals surface area contributed by atoms with E-state index in [1.54, 1.807) is 36.8 Å². The summed E-state index contributed by atoms with van der Waals surface area (Å²) in [6, 6.07) is 6.91. The van der Waals surface area contributed by atoms with Gasteiger partial charge in [-0.05, 0) is 45.0 Å². The Kier molecular flexibility index (Phi) is 5.49. The van der Waals surface area contributed by atoms with E-state index in [-0.39, 0.29) is 17.5 Å². The molecule has 1 unspecified atom stereocenters. The molecule has 0 spiro atoms. The highest BCUT2D eigenvalue weighted by Gasteiger charge is 2.31. The number of anilines is 1. The molecule has 3 rings (SSSR count). The van der Waals surface area contributed by atoms with Gasteiger partial charge >= 0.3 is 0 Å². The molecule has 7 nitrogen and oxygen atoms in total. The molecule has 1 fully saturated rings. The van der Waals surface area contributed by atoms with Crippen LogP contribution in [0.5, 0.6) is 11.5 Å². The lowest BCUT2D eigenvalue weighted by atomic mass is 10.0. The highest BCUT2D eigenvalue weighted by Crippen LogP contribution is 2.20. The molecule has 138 valence electrons. The molecule has 1 atom stereocenters. The number of nitrogens with zero attached hydrogens (tertiary/aromatic N) is 3. The minimum atomic E-state index is -0.218. The van der Waals surface area contributed by atoms with E-state index in [1.807, 2.05) is 13.0 Å². The van der Waals surface area contributed by atoms with E-state index in [4.69, 9.17) is 4.74 Å². The topological polar surface area (TPSA) is 79.4 Å². The molecular weight excluding hydrogens is 330 g/mol.